The summed E-state index contributed by atoms with van der Waals surface area (Å²) in [6, 6.07) is 14.5. The van der Waals surface area contributed by atoms with Crippen molar-refractivity contribution in [3.63, 3.8) is 0 Å². The van der Waals surface area contributed by atoms with Gasteiger partial charge in [-0.3, -0.25) is 4.79 Å². The zero-order valence-corrected chi connectivity index (χ0v) is 15.9. The molecule has 3 aromatic rings. The summed E-state index contributed by atoms with van der Waals surface area (Å²) >= 11 is 0. The van der Waals surface area contributed by atoms with Crippen molar-refractivity contribution < 1.29 is 9.21 Å². The summed E-state index contributed by atoms with van der Waals surface area (Å²) in [5.41, 5.74) is 5.33. The zero-order chi connectivity index (χ0) is 18.7. The van der Waals surface area contributed by atoms with E-state index in [0.29, 0.717) is 13.0 Å². The van der Waals surface area contributed by atoms with Gasteiger partial charge in [0, 0.05) is 17.5 Å². The van der Waals surface area contributed by atoms with Crippen molar-refractivity contribution in [2.45, 2.75) is 26.3 Å². The number of carbonyl (C=O) groups excluding carboxylic acids is 1. The number of hydrogen-bond donors (Lipinski definition) is 1. The van der Waals surface area contributed by atoms with Gasteiger partial charge in [0.15, 0.2) is 0 Å². The first-order valence-corrected chi connectivity index (χ1v) is 8.91. The maximum absolute atomic E-state index is 12.5. The Hall–Kier alpha value is -2.59. The normalized spacial score (nSPS) is 12.5. The number of carbonyl (C=O) groups is 1. The van der Waals surface area contributed by atoms with Crippen molar-refractivity contribution in [1.82, 2.24) is 10.2 Å². The van der Waals surface area contributed by atoms with Gasteiger partial charge < -0.3 is 14.6 Å². The molecule has 0 radical (unpaired) electrons. The van der Waals surface area contributed by atoms with Crippen LogP contribution in [0.4, 0.5) is 0 Å². The second-order valence-corrected chi connectivity index (χ2v) is 7.02. The van der Waals surface area contributed by atoms with Crippen LogP contribution in [0.1, 0.15) is 28.3 Å². The van der Waals surface area contributed by atoms with Gasteiger partial charge in [0.2, 0.25) is 5.91 Å². The summed E-state index contributed by atoms with van der Waals surface area (Å²) in [4.78, 5) is 14.6. The molecule has 2 aromatic carbocycles. The zero-order valence-electron chi connectivity index (χ0n) is 15.9. The summed E-state index contributed by atoms with van der Waals surface area (Å²) in [6.45, 7) is 4.69. The van der Waals surface area contributed by atoms with Crippen LogP contribution in [-0.4, -0.2) is 31.4 Å². The number of likely N-dealkylation sites (N-methyl/N-ethyl adjacent to an activating group) is 1. The van der Waals surface area contributed by atoms with E-state index in [1.165, 1.54) is 11.1 Å². The van der Waals surface area contributed by atoms with Gasteiger partial charge in [0.1, 0.15) is 5.58 Å². The van der Waals surface area contributed by atoms with Crippen LogP contribution in [0.3, 0.4) is 0 Å². The lowest BCUT2D eigenvalue weighted by atomic mass is 10.0. The third-order valence-electron chi connectivity index (χ3n) is 4.99. The lowest BCUT2D eigenvalue weighted by molar-refractivity contribution is -0.120. The van der Waals surface area contributed by atoms with E-state index in [-0.39, 0.29) is 11.9 Å². The molecule has 0 saturated heterocycles. The van der Waals surface area contributed by atoms with Gasteiger partial charge in [-0.2, -0.15) is 0 Å². The molecule has 0 bridgehead atoms. The van der Waals surface area contributed by atoms with Crippen molar-refractivity contribution in [2.24, 2.45) is 0 Å². The van der Waals surface area contributed by atoms with Crippen LogP contribution in [0.15, 0.2) is 53.1 Å². The Morgan fingerprint density at radius 1 is 1.12 bits per heavy atom. The molecule has 0 aliphatic carbocycles. The quantitative estimate of drug-likeness (QED) is 0.730. The lowest BCUT2D eigenvalue weighted by Gasteiger charge is -2.25. The third kappa shape index (κ3) is 3.81. The van der Waals surface area contributed by atoms with Crippen LogP contribution >= 0.6 is 0 Å². The van der Waals surface area contributed by atoms with Crippen LogP contribution in [-0.2, 0) is 11.2 Å². The molecule has 1 aromatic heterocycles. The second kappa shape index (κ2) is 7.75. The first-order valence-electron chi connectivity index (χ1n) is 8.91. The minimum Gasteiger partial charge on any atom is -0.464 e. The molecule has 26 heavy (non-hydrogen) atoms. The van der Waals surface area contributed by atoms with E-state index in [1.54, 1.807) is 6.26 Å². The number of fused-ring (bicyclic) bond motifs is 1. The highest BCUT2D eigenvalue weighted by Gasteiger charge is 2.17. The predicted octanol–water partition coefficient (Wildman–Crippen LogP) is 4.01. The SMILES string of the molecule is Cc1ccc2c(CC(=O)NCC(c3ccccc3)N(C)C)coc2c1C. The molecule has 1 unspecified atom stereocenters. The average molecular weight is 350 g/mol. The Morgan fingerprint density at radius 2 is 1.85 bits per heavy atom. The summed E-state index contributed by atoms with van der Waals surface area (Å²) in [6.07, 6.45) is 2.03. The van der Waals surface area contributed by atoms with E-state index < -0.39 is 0 Å². The van der Waals surface area contributed by atoms with Gasteiger partial charge in [-0.25, -0.2) is 0 Å². The van der Waals surface area contributed by atoms with E-state index >= 15 is 0 Å². The van der Waals surface area contributed by atoms with Gasteiger partial charge in [0.25, 0.3) is 0 Å². The van der Waals surface area contributed by atoms with Crippen molar-refractivity contribution in [3.8, 4) is 0 Å². The topological polar surface area (TPSA) is 45.5 Å². The summed E-state index contributed by atoms with van der Waals surface area (Å²) in [5, 5.41) is 4.09. The van der Waals surface area contributed by atoms with E-state index in [1.807, 2.05) is 45.3 Å². The first kappa shape index (κ1) is 18.2. The Kier molecular flexibility index (Phi) is 5.43. The van der Waals surface area contributed by atoms with Crippen LogP contribution in [0.5, 0.6) is 0 Å². The number of rotatable bonds is 6. The van der Waals surface area contributed by atoms with Gasteiger partial charge in [-0.15, -0.1) is 0 Å². The van der Waals surface area contributed by atoms with Crippen molar-refractivity contribution >= 4 is 16.9 Å². The Labute approximate surface area is 154 Å². The predicted molar refractivity (Wildman–Crippen MR) is 105 cm³/mol. The molecule has 4 nitrogen and oxygen atoms in total. The maximum atomic E-state index is 12.5. The van der Waals surface area contributed by atoms with E-state index in [0.717, 1.165) is 22.1 Å². The summed E-state index contributed by atoms with van der Waals surface area (Å²) in [7, 11) is 4.05. The first-order chi connectivity index (χ1) is 12.5. The fourth-order valence-electron chi connectivity index (χ4n) is 3.25. The van der Waals surface area contributed by atoms with Crippen LogP contribution < -0.4 is 5.32 Å². The molecule has 0 aliphatic heterocycles. The summed E-state index contributed by atoms with van der Waals surface area (Å²) < 4.78 is 5.71. The van der Waals surface area contributed by atoms with E-state index in [9.17, 15) is 4.79 Å². The van der Waals surface area contributed by atoms with E-state index in [2.05, 4.69) is 35.3 Å². The Balaban J connectivity index is 1.68. The highest BCUT2D eigenvalue weighted by atomic mass is 16.3. The molecule has 0 saturated carbocycles. The van der Waals surface area contributed by atoms with Gasteiger partial charge >= 0.3 is 0 Å². The molecule has 4 heteroatoms. The molecule has 1 heterocycles. The minimum atomic E-state index is 0.00806. The molecule has 1 N–H and O–H groups in total. The second-order valence-electron chi connectivity index (χ2n) is 7.02. The smallest absolute Gasteiger partial charge is 0.224 e. The molecular formula is C22H26N2O2. The number of furan rings is 1. The van der Waals surface area contributed by atoms with Gasteiger partial charge in [-0.1, -0.05) is 42.5 Å². The highest BCUT2D eigenvalue weighted by molar-refractivity contribution is 5.89. The summed E-state index contributed by atoms with van der Waals surface area (Å²) in [5.74, 6) is 0.00806. The van der Waals surface area contributed by atoms with Crippen LogP contribution in [0.25, 0.3) is 11.0 Å². The number of nitrogens with one attached hydrogen (secondary N) is 1. The van der Waals surface area contributed by atoms with Crippen molar-refractivity contribution in [2.75, 3.05) is 20.6 Å². The molecule has 1 atom stereocenters. The standard InChI is InChI=1S/C22H26N2O2/c1-15-10-11-19-18(14-26-22(19)16(15)2)12-21(25)23-13-20(24(3)4)17-8-6-5-7-9-17/h5-11,14,20H,12-13H2,1-4H3,(H,23,25). The fraction of sp³-hybridized carbons (Fsp3) is 0.318. The number of benzene rings is 2. The van der Waals surface area contributed by atoms with Crippen LogP contribution in [0.2, 0.25) is 0 Å². The van der Waals surface area contributed by atoms with Gasteiger partial charge in [-0.05, 0) is 44.6 Å². The molecule has 3 rings (SSSR count). The van der Waals surface area contributed by atoms with Gasteiger partial charge in [0.05, 0.1) is 18.7 Å². The molecular weight excluding hydrogens is 324 g/mol. The average Bonchev–Trinajstić information content (AvgIpc) is 3.02. The number of nitrogens with zero attached hydrogens (tertiary/aromatic N) is 1. The lowest BCUT2D eigenvalue weighted by Crippen LogP contribution is -2.35. The number of hydrogen-bond acceptors (Lipinski definition) is 3. The van der Waals surface area contributed by atoms with Crippen molar-refractivity contribution in [3.05, 3.63) is 71.0 Å². The third-order valence-corrected chi connectivity index (χ3v) is 4.99. The Bertz CT molecular complexity index is 897. The maximum Gasteiger partial charge on any atom is 0.224 e. The fourth-order valence-corrected chi connectivity index (χ4v) is 3.25. The minimum absolute atomic E-state index is 0.00806. The number of amides is 1. The van der Waals surface area contributed by atoms with E-state index in [4.69, 9.17) is 4.42 Å². The molecule has 1 amide bonds. The monoisotopic (exact) mass is 350 g/mol. The van der Waals surface area contributed by atoms with Crippen molar-refractivity contribution in [1.29, 1.82) is 0 Å². The largest absolute Gasteiger partial charge is 0.464 e. The molecule has 0 spiro atoms. The highest BCUT2D eigenvalue weighted by Crippen LogP contribution is 2.26. The Morgan fingerprint density at radius 3 is 2.54 bits per heavy atom. The van der Waals surface area contributed by atoms with Crippen LogP contribution in [0, 0.1) is 13.8 Å². The molecule has 0 aliphatic rings. The number of aryl methyl sites for hydroxylation is 2. The molecule has 136 valence electrons. The molecule has 0 fully saturated rings.